The van der Waals surface area contributed by atoms with Crippen molar-refractivity contribution >= 4 is 12.0 Å². The molecule has 44 heavy (non-hydrogen) atoms. The van der Waals surface area contributed by atoms with Crippen LogP contribution in [0, 0.1) is 5.82 Å². The molecule has 3 heterocycles. The molecule has 0 bridgehead atoms. The third-order valence-corrected chi connectivity index (χ3v) is 7.63. The number of methoxy groups -OCH3 is 3. The Morgan fingerprint density at radius 3 is 2.20 bits per heavy atom. The quantitative estimate of drug-likeness (QED) is 0.190. The van der Waals surface area contributed by atoms with Gasteiger partial charge in [-0.3, -0.25) is 9.29 Å². The number of halogens is 2. The summed E-state index contributed by atoms with van der Waals surface area (Å²) >= 11 is 1.13. The van der Waals surface area contributed by atoms with E-state index in [2.05, 4.69) is 32.6 Å². The predicted octanol–water partition coefficient (Wildman–Crippen LogP) is 8.22. The Morgan fingerprint density at radius 2 is 1.57 bits per heavy atom. The van der Waals surface area contributed by atoms with Crippen molar-refractivity contribution in [3.05, 3.63) is 76.6 Å². The third-order valence-electron chi connectivity index (χ3n) is 6.92. The Balaban J connectivity index is 0.000000493. The lowest BCUT2D eigenvalue weighted by Gasteiger charge is -2.42. The van der Waals surface area contributed by atoms with E-state index in [4.69, 9.17) is 18.4 Å². The maximum Gasteiger partial charge on any atom is 0.231 e. The van der Waals surface area contributed by atoms with Gasteiger partial charge in [0.2, 0.25) is 6.79 Å². The topological polar surface area (TPSA) is 58.6 Å². The molecule has 0 amide bonds. The monoisotopic (exact) mass is 635 g/mol. The van der Waals surface area contributed by atoms with E-state index in [9.17, 15) is 8.78 Å². The molecule has 244 valence electrons. The molecule has 10 heteroatoms. The van der Waals surface area contributed by atoms with E-state index in [0.717, 1.165) is 60.8 Å². The van der Waals surface area contributed by atoms with Gasteiger partial charge in [-0.15, -0.1) is 0 Å². The van der Waals surface area contributed by atoms with Gasteiger partial charge in [-0.25, -0.2) is 4.39 Å². The fourth-order valence-electron chi connectivity index (χ4n) is 5.06. The maximum atomic E-state index is 13.5. The second-order valence-corrected chi connectivity index (χ2v) is 9.99. The van der Waals surface area contributed by atoms with Crippen LogP contribution in [-0.4, -0.2) is 60.0 Å². The maximum absolute atomic E-state index is 13.5. The van der Waals surface area contributed by atoms with Crippen LogP contribution in [0.2, 0.25) is 0 Å². The molecule has 0 aliphatic carbocycles. The van der Waals surface area contributed by atoms with Crippen molar-refractivity contribution in [2.75, 3.05) is 55.1 Å². The van der Waals surface area contributed by atoms with Gasteiger partial charge in [0, 0.05) is 38.9 Å². The van der Waals surface area contributed by atoms with Crippen molar-refractivity contribution in [3.8, 4) is 23.0 Å². The van der Waals surface area contributed by atoms with Crippen LogP contribution in [0.25, 0.3) is 0 Å². The van der Waals surface area contributed by atoms with E-state index < -0.39 is 0 Å². The van der Waals surface area contributed by atoms with Crippen LogP contribution in [0.4, 0.5) is 8.78 Å². The molecule has 0 radical (unpaired) electrons. The third kappa shape index (κ3) is 9.47. The van der Waals surface area contributed by atoms with Gasteiger partial charge in [-0.1, -0.05) is 39.8 Å². The molecule has 6 rings (SSSR count). The van der Waals surface area contributed by atoms with E-state index in [0.29, 0.717) is 43.9 Å². The lowest BCUT2D eigenvalue weighted by molar-refractivity contribution is 0.103. The number of hydrogen-bond acceptors (Lipinski definition) is 8. The minimum atomic E-state index is -0.282. The highest BCUT2D eigenvalue weighted by molar-refractivity contribution is 7.95. The summed E-state index contributed by atoms with van der Waals surface area (Å²) in [5.41, 5.74) is 5.09. The SMILES string of the molecule is CC.CC.CF.COCCOC.COc1c(OSc2cccc(F)c2)ccc2c1CN1CCc3cc4c(cc3C1C2)OCO4. The van der Waals surface area contributed by atoms with Crippen molar-refractivity contribution in [2.24, 2.45) is 0 Å². The van der Waals surface area contributed by atoms with Crippen molar-refractivity contribution in [1.29, 1.82) is 0 Å². The zero-order chi connectivity index (χ0) is 32.5. The summed E-state index contributed by atoms with van der Waals surface area (Å²) in [6.07, 6.45) is 1.88. The number of rotatable bonds is 7. The number of hydrogen-bond donors (Lipinski definition) is 0. The minimum absolute atomic E-state index is 0.282. The summed E-state index contributed by atoms with van der Waals surface area (Å²) in [5, 5.41) is 0. The summed E-state index contributed by atoms with van der Waals surface area (Å²) in [4.78, 5) is 3.20. The average Bonchev–Trinajstić information content (AvgIpc) is 3.55. The van der Waals surface area contributed by atoms with E-state index in [1.807, 2.05) is 39.8 Å². The van der Waals surface area contributed by atoms with Crippen LogP contribution in [0.1, 0.15) is 56.0 Å². The molecular formula is C34H47F2NO6S. The van der Waals surface area contributed by atoms with Gasteiger partial charge in [0.15, 0.2) is 23.0 Å². The Bertz CT molecular complexity index is 1270. The highest BCUT2D eigenvalue weighted by atomic mass is 32.2. The number of benzene rings is 3. The first-order chi connectivity index (χ1) is 21.6. The van der Waals surface area contributed by atoms with Crippen molar-refractivity contribution in [2.45, 2.75) is 58.0 Å². The van der Waals surface area contributed by atoms with Gasteiger partial charge in [0.25, 0.3) is 0 Å². The van der Waals surface area contributed by atoms with Gasteiger partial charge in [-0.05, 0) is 65.9 Å². The summed E-state index contributed by atoms with van der Waals surface area (Å²) in [6.45, 7) is 11.4. The second kappa shape index (κ2) is 20.1. The van der Waals surface area contributed by atoms with Crippen LogP contribution >= 0.6 is 12.0 Å². The van der Waals surface area contributed by atoms with Gasteiger partial charge in [0.05, 0.1) is 44.4 Å². The Labute approximate surface area is 265 Å². The van der Waals surface area contributed by atoms with Gasteiger partial charge < -0.3 is 27.9 Å². The number of ether oxygens (including phenoxy) is 5. The van der Waals surface area contributed by atoms with E-state index in [1.165, 1.54) is 28.8 Å². The van der Waals surface area contributed by atoms with Crippen LogP contribution in [0.3, 0.4) is 0 Å². The molecule has 1 unspecified atom stereocenters. The normalized spacial score (nSPS) is 15.1. The van der Waals surface area contributed by atoms with Crippen LogP contribution in [0.5, 0.6) is 23.0 Å². The van der Waals surface area contributed by atoms with Crippen molar-refractivity contribution in [3.63, 3.8) is 0 Å². The zero-order valence-electron chi connectivity index (χ0n) is 27.2. The lowest BCUT2D eigenvalue weighted by Crippen LogP contribution is -2.39. The molecule has 7 nitrogen and oxygen atoms in total. The fraction of sp³-hybridized carbons (Fsp3) is 0.471. The second-order valence-electron chi connectivity index (χ2n) is 9.19. The van der Waals surface area contributed by atoms with Gasteiger partial charge in [-0.2, -0.15) is 0 Å². The largest absolute Gasteiger partial charge is 0.492 e. The molecule has 0 N–H and O–H groups in total. The number of nitrogens with zero attached hydrogens (tertiary/aromatic N) is 1. The molecule has 0 aromatic heterocycles. The average molecular weight is 636 g/mol. The van der Waals surface area contributed by atoms with Gasteiger partial charge >= 0.3 is 0 Å². The Hall–Kier alpha value is -3.05. The first-order valence-corrected chi connectivity index (χ1v) is 15.7. The van der Waals surface area contributed by atoms with Crippen LogP contribution in [0.15, 0.2) is 53.4 Å². The number of alkyl halides is 1. The molecule has 0 fully saturated rings. The van der Waals surface area contributed by atoms with E-state index in [1.54, 1.807) is 27.4 Å². The lowest BCUT2D eigenvalue weighted by atomic mass is 9.83. The molecule has 3 aliphatic rings. The zero-order valence-corrected chi connectivity index (χ0v) is 28.0. The first-order valence-electron chi connectivity index (χ1n) is 14.9. The molecule has 0 spiro atoms. The van der Waals surface area contributed by atoms with Crippen molar-refractivity contribution in [1.82, 2.24) is 4.90 Å². The molecule has 1 atom stereocenters. The summed E-state index contributed by atoms with van der Waals surface area (Å²) in [5.74, 6) is 2.82. The standard InChI is InChI=1S/C25H22FNO4S.C4H10O2.2C2H6.CH3F/c1-28-25-20-13-27-8-7-16-10-23-24(30-14-29-23)12-19(16)21(27)9-15(20)5-6-22(25)31-32-18-4-2-3-17(26)11-18;1-5-3-4-6-2;3*1-2/h2-6,10-12,21H,7-9,13-14H2,1H3;3-4H2,1-2H3;2*1-2H3;1H3. The Kier molecular flexibility index (Phi) is 16.9. The van der Waals surface area contributed by atoms with E-state index >= 15 is 0 Å². The molecule has 3 aliphatic heterocycles. The predicted molar refractivity (Wildman–Crippen MR) is 172 cm³/mol. The van der Waals surface area contributed by atoms with Crippen LogP contribution < -0.4 is 18.4 Å². The fourth-order valence-corrected chi connectivity index (χ4v) is 5.67. The molecule has 3 aromatic rings. The summed E-state index contributed by atoms with van der Waals surface area (Å²) < 4.78 is 55.3. The molecule has 0 saturated carbocycles. The summed E-state index contributed by atoms with van der Waals surface area (Å²) in [7, 11) is 5.48. The molecule has 0 saturated heterocycles. The number of fused-ring (bicyclic) bond motifs is 5. The summed E-state index contributed by atoms with van der Waals surface area (Å²) in [6, 6.07) is 15.0. The Morgan fingerprint density at radius 1 is 0.886 bits per heavy atom. The first kappa shape index (κ1) is 37.1. The molecule has 3 aromatic carbocycles. The minimum Gasteiger partial charge on any atom is -0.492 e. The van der Waals surface area contributed by atoms with Crippen LogP contribution in [-0.2, 0) is 28.9 Å². The smallest absolute Gasteiger partial charge is 0.231 e. The van der Waals surface area contributed by atoms with Crippen molar-refractivity contribution < 1.29 is 36.6 Å². The van der Waals surface area contributed by atoms with E-state index in [-0.39, 0.29) is 5.82 Å². The highest BCUT2D eigenvalue weighted by Gasteiger charge is 2.35. The highest BCUT2D eigenvalue weighted by Crippen LogP contribution is 2.47. The van der Waals surface area contributed by atoms with Gasteiger partial charge in [0.1, 0.15) is 5.82 Å². The molecular weight excluding hydrogens is 588 g/mol.